The number of nitrogen functional groups attached to an aromatic ring is 1. The van der Waals surface area contributed by atoms with Crippen molar-refractivity contribution in [2.75, 3.05) is 12.8 Å². The number of nitrogens with one attached hydrogen (secondary N) is 1. The zero-order valence-corrected chi connectivity index (χ0v) is 10.5. The molecule has 0 aromatic heterocycles. The van der Waals surface area contributed by atoms with E-state index in [0.29, 0.717) is 0 Å². The van der Waals surface area contributed by atoms with Gasteiger partial charge in [0.25, 0.3) is 0 Å². The van der Waals surface area contributed by atoms with Crippen molar-refractivity contribution in [3.63, 3.8) is 0 Å². The molecule has 2 aromatic carbocycles. The number of hydrogen-bond donors (Lipinski definition) is 2. The molecule has 0 heterocycles. The first-order valence-electron chi connectivity index (χ1n) is 5.96. The highest BCUT2D eigenvalue weighted by atomic mass is 16.5. The highest BCUT2D eigenvalue weighted by Crippen LogP contribution is 2.21. The first-order valence-corrected chi connectivity index (χ1v) is 5.96. The van der Waals surface area contributed by atoms with Crippen molar-refractivity contribution in [1.29, 1.82) is 0 Å². The van der Waals surface area contributed by atoms with Crippen LogP contribution in [0.1, 0.15) is 11.1 Å². The number of benzene rings is 2. The summed E-state index contributed by atoms with van der Waals surface area (Å²) in [7, 11) is 1.66. The molecular weight excluding hydrogens is 224 g/mol. The summed E-state index contributed by atoms with van der Waals surface area (Å²) in [5.74, 6) is 0.829. The van der Waals surface area contributed by atoms with Gasteiger partial charge < -0.3 is 15.8 Å². The van der Waals surface area contributed by atoms with Crippen molar-refractivity contribution >= 4 is 5.69 Å². The minimum absolute atomic E-state index is 0.721. The second-order valence-corrected chi connectivity index (χ2v) is 4.16. The largest absolute Gasteiger partial charge is 0.496 e. The first-order chi connectivity index (χ1) is 8.79. The molecule has 3 nitrogen and oxygen atoms in total. The fourth-order valence-electron chi connectivity index (χ4n) is 1.84. The van der Waals surface area contributed by atoms with E-state index in [-0.39, 0.29) is 0 Å². The average Bonchev–Trinajstić information content (AvgIpc) is 2.41. The molecule has 0 aliphatic heterocycles. The molecule has 3 N–H and O–H groups in total. The van der Waals surface area contributed by atoms with E-state index in [0.717, 1.165) is 30.1 Å². The van der Waals surface area contributed by atoms with Gasteiger partial charge >= 0.3 is 0 Å². The number of rotatable bonds is 5. The van der Waals surface area contributed by atoms with E-state index < -0.39 is 0 Å². The van der Waals surface area contributed by atoms with Crippen LogP contribution in [0.2, 0.25) is 0 Å². The van der Waals surface area contributed by atoms with Gasteiger partial charge in [0.05, 0.1) is 7.11 Å². The van der Waals surface area contributed by atoms with Crippen LogP contribution in [0.3, 0.4) is 0 Å². The Morgan fingerprint density at radius 2 is 1.83 bits per heavy atom. The third kappa shape index (κ3) is 3.25. The molecule has 2 aromatic rings. The van der Waals surface area contributed by atoms with Crippen LogP contribution in [-0.2, 0) is 13.1 Å². The Morgan fingerprint density at radius 1 is 1.06 bits per heavy atom. The molecule has 0 atom stereocenters. The summed E-state index contributed by atoms with van der Waals surface area (Å²) < 4.78 is 5.31. The predicted octanol–water partition coefficient (Wildman–Crippen LogP) is 2.57. The molecule has 0 saturated carbocycles. The van der Waals surface area contributed by atoms with Gasteiger partial charge in [-0.3, -0.25) is 0 Å². The van der Waals surface area contributed by atoms with Crippen LogP contribution in [0.4, 0.5) is 5.69 Å². The van der Waals surface area contributed by atoms with E-state index in [4.69, 9.17) is 10.5 Å². The summed E-state index contributed by atoms with van der Waals surface area (Å²) in [5.41, 5.74) is 8.83. The first kappa shape index (κ1) is 12.5. The number of methoxy groups -OCH3 is 1. The fraction of sp³-hybridized carbons (Fsp3) is 0.200. The maximum absolute atomic E-state index is 5.72. The lowest BCUT2D eigenvalue weighted by Gasteiger charge is -2.10. The smallest absolute Gasteiger partial charge is 0.125 e. The molecule has 0 aliphatic carbocycles. The Hall–Kier alpha value is -2.00. The number of ether oxygens (including phenoxy) is 1. The Labute approximate surface area is 108 Å². The summed E-state index contributed by atoms with van der Waals surface area (Å²) in [4.78, 5) is 0. The Morgan fingerprint density at radius 3 is 2.56 bits per heavy atom. The van der Waals surface area contributed by atoms with Crippen molar-refractivity contribution in [2.24, 2.45) is 0 Å². The van der Waals surface area contributed by atoms with Crippen LogP contribution in [0.15, 0.2) is 48.5 Å². The van der Waals surface area contributed by atoms with Gasteiger partial charge in [0.2, 0.25) is 0 Å². The molecule has 0 unspecified atom stereocenters. The normalized spacial score (nSPS) is 10.3. The van der Waals surface area contributed by atoms with Crippen LogP contribution in [-0.4, -0.2) is 7.11 Å². The van der Waals surface area contributed by atoms with Gasteiger partial charge in [-0.15, -0.1) is 0 Å². The predicted molar refractivity (Wildman–Crippen MR) is 74.4 cm³/mol. The van der Waals surface area contributed by atoms with Crippen LogP contribution in [0.5, 0.6) is 5.75 Å². The molecule has 0 spiro atoms. The molecule has 0 saturated heterocycles. The van der Waals surface area contributed by atoms with E-state index in [9.17, 15) is 0 Å². The van der Waals surface area contributed by atoms with Crippen LogP contribution >= 0.6 is 0 Å². The Bertz CT molecular complexity index is 497. The topological polar surface area (TPSA) is 47.3 Å². The lowest BCUT2D eigenvalue weighted by Crippen LogP contribution is -2.13. The minimum Gasteiger partial charge on any atom is -0.496 e. The molecular formula is C15H18N2O. The molecule has 0 aliphatic rings. The van der Waals surface area contributed by atoms with Gasteiger partial charge in [-0.05, 0) is 11.6 Å². The van der Waals surface area contributed by atoms with E-state index in [1.54, 1.807) is 7.11 Å². The molecule has 94 valence electrons. The maximum atomic E-state index is 5.72. The molecule has 0 fully saturated rings. The molecule has 0 amide bonds. The summed E-state index contributed by atoms with van der Waals surface area (Å²) in [6.07, 6.45) is 0. The molecule has 2 rings (SSSR count). The number of anilines is 1. The van der Waals surface area contributed by atoms with Gasteiger partial charge in [-0.25, -0.2) is 0 Å². The number of hydrogen-bond acceptors (Lipinski definition) is 3. The van der Waals surface area contributed by atoms with E-state index in [1.165, 1.54) is 5.56 Å². The second kappa shape index (κ2) is 6.07. The van der Waals surface area contributed by atoms with Gasteiger partial charge in [-0.2, -0.15) is 0 Å². The van der Waals surface area contributed by atoms with Crippen LogP contribution in [0, 0.1) is 0 Å². The number of nitrogens with two attached hydrogens (primary N) is 1. The van der Waals surface area contributed by atoms with E-state index in [1.807, 2.05) is 36.4 Å². The van der Waals surface area contributed by atoms with Crippen LogP contribution in [0.25, 0.3) is 0 Å². The lowest BCUT2D eigenvalue weighted by atomic mass is 10.1. The van der Waals surface area contributed by atoms with Gasteiger partial charge in [0, 0.05) is 30.4 Å². The summed E-state index contributed by atoms with van der Waals surface area (Å²) in [6.45, 7) is 1.60. The zero-order valence-electron chi connectivity index (χ0n) is 10.5. The minimum atomic E-state index is 0.721. The fourth-order valence-corrected chi connectivity index (χ4v) is 1.84. The van der Waals surface area contributed by atoms with Crippen molar-refractivity contribution < 1.29 is 4.74 Å². The molecule has 0 bridgehead atoms. The van der Waals surface area contributed by atoms with Crippen molar-refractivity contribution in [3.8, 4) is 5.75 Å². The van der Waals surface area contributed by atoms with Crippen molar-refractivity contribution in [1.82, 2.24) is 5.32 Å². The third-order valence-electron chi connectivity index (χ3n) is 2.80. The molecule has 3 heteroatoms. The average molecular weight is 242 g/mol. The lowest BCUT2D eigenvalue weighted by molar-refractivity contribution is 0.408. The summed E-state index contributed by atoms with van der Waals surface area (Å²) in [5, 5.41) is 3.39. The third-order valence-corrected chi connectivity index (χ3v) is 2.80. The van der Waals surface area contributed by atoms with Crippen LogP contribution < -0.4 is 15.8 Å². The van der Waals surface area contributed by atoms with Gasteiger partial charge in [-0.1, -0.05) is 36.4 Å². The molecule has 0 radical (unpaired) electrons. The maximum Gasteiger partial charge on any atom is 0.125 e. The SMILES string of the molecule is COc1cc(N)ccc1CNCc1ccccc1. The second-order valence-electron chi connectivity index (χ2n) is 4.16. The van der Waals surface area contributed by atoms with Crippen molar-refractivity contribution in [3.05, 3.63) is 59.7 Å². The van der Waals surface area contributed by atoms with E-state index >= 15 is 0 Å². The summed E-state index contributed by atoms with van der Waals surface area (Å²) >= 11 is 0. The standard InChI is InChI=1S/C15H18N2O/c1-18-15-9-14(16)8-7-13(15)11-17-10-12-5-3-2-4-6-12/h2-9,17H,10-11,16H2,1H3. The highest BCUT2D eigenvalue weighted by Gasteiger charge is 2.02. The van der Waals surface area contributed by atoms with Crippen molar-refractivity contribution in [2.45, 2.75) is 13.1 Å². The Kier molecular flexibility index (Phi) is 4.20. The van der Waals surface area contributed by atoms with Gasteiger partial charge in [0.15, 0.2) is 0 Å². The highest BCUT2D eigenvalue weighted by molar-refractivity contribution is 5.48. The van der Waals surface area contributed by atoms with E-state index in [2.05, 4.69) is 17.4 Å². The zero-order chi connectivity index (χ0) is 12.8. The Balaban J connectivity index is 1.94. The van der Waals surface area contributed by atoms with Gasteiger partial charge in [0.1, 0.15) is 5.75 Å². The monoisotopic (exact) mass is 242 g/mol. The summed E-state index contributed by atoms with van der Waals surface area (Å²) in [6, 6.07) is 16.0. The molecule has 18 heavy (non-hydrogen) atoms. The quantitative estimate of drug-likeness (QED) is 0.792.